The van der Waals surface area contributed by atoms with Gasteiger partial charge in [-0.1, -0.05) is 0 Å². The second kappa shape index (κ2) is 7.11. The van der Waals surface area contributed by atoms with Crippen LogP contribution in [-0.4, -0.2) is 45.3 Å². The van der Waals surface area contributed by atoms with Gasteiger partial charge in [-0.3, -0.25) is 4.90 Å². The Bertz CT molecular complexity index is 589. The van der Waals surface area contributed by atoms with E-state index in [1.165, 1.54) is 18.5 Å². The van der Waals surface area contributed by atoms with Crippen molar-refractivity contribution in [2.75, 3.05) is 26.3 Å². The highest BCUT2D eigenvalue weighted by molar-refractivity contribution is 5.12. The molecule has 0 aromatic carbocycles. The lowest BCUT2D eigenvalue weighted by Gasteiger charge is -2.36. The van der Waals surface area contributed by atoms with Crippen molar-refractivity contribution in [3.63, 3.8) is 0 Å². The third kappa shape index (κ3) is 3.42. The molecule has 0 amide bonds. The molecule has 2 aromatic rings. The van der Waals surface area contributed by atoms with Gasteiger partial charge in [0.15, 0.2) is 0 Å². The number of imidazole rings is 1. The van der Waals surface area contributed by atoms with Crippen molar-refractivity contribution in [3.8, 4) is 0 Å². The molecule has 22 heavy (non-hydrogen) atoms. The number of ether oxygens (including phenoxy) is 1. The minimum Gasteiger partial charge on any atom is -0.378 e. The summed E-state index contributed by atoms with van der Waals surface area (Å²) >= 11 is 0. The summed E-state index contributed by atoms with van der Waals surface area (Å²) < 4.78 is 10.1. The van der Waals surface area contributed by atoms with E-state index < -0.39 is 0 Å². The molecule has 5 heteroatoms. The maximum Gasteiger partial charge on any atom is 0.105 e. The molecule has 1 aliphatic heterocycles. The summed E-state index contributed by atoms with van der Waals surface area (Å²) in [5, 5.41) is 0. The average Bonchev–Trinajstić information content (AvgIpc) is 3.13. The van der Waals surface area contributed by atoms with Crippen LogP contribution in [0, 0.1) is 6.92 Å². The first-order valence-corrected chi connectivity index (χ1v) is 8.16. The molecule has 1 atom stereocenters. The number of hydrogen-bond donors (Lipinski definition) is 0. The number of morpholine rings is 1. The highest BCUT2D eigenvalue weighted by Crippen LogP contribution is 2.24. The normalized spacial score (nSPS) is 19.6. The van der Waals surface area contributed by atoms with Crippen LogP contribution in [0.1, 0.15) is 30.4 Å². The predicted molar refractivity (Wildman–Crippen MR) is 86.7 cm³/mol. The Hall–Kier alpha value is -1.59. The van der Waals surface area contributed by atoms with Crippen molar-refractivity contribution in [2.45, 2.75) is 32.4 Å². The second-order valence-electron chi connectivity index (χ2n) is 6.05. The smallest absolute Gasteiger partial charge is 0.105 e. The fourth-order valence-electron chi connectivity index (χ4n) is 3.24. The summed E-state index contributed by atoms with van der Waals surface area (Å²) in [5.41, 5.74) is 1.35. The van der Waals surface area contributed by atoms with Crippen LogP contribution in [-0.2, 0) is 18.3 Å². The van der Waals surface area contributed by atoms with E-state index in [0.29, 0.717) is 6.04 Å². The Labute approximate surface area is 132 Å². The van der Waals surface area contributed by atoms with Gasteiger partial charge in [-0.25, -0.2) is 4.98 Å². The van der Waals surface area contributed by atoms with Gasteiger partial charge in [0.2, 0.25) is 0 Å². The summed E-state index contributed by atoms with van der Waals surface area (Å²) in [6.45, 7) is 6.94. The van der Waals surface area contributed by atoms with Crippen LogP contribution < -0.4 is 0 Å². The van der Waals surface area contributed by atoms with Crippen LogP contribution in [0.15, 0.2) is 30.7 Å². The van der Waals surface area contributed by atoms with E-state index >= 15 is 0 Å². The third-order valence-electron chi connectivity index (χ3n) is 4.58. The standard InChI is InChI=1S/C17H26N4O/c1-15-18-7-11-20(15)9-3-4-10-21-12-13-22-14-17(21)16-6-5-8-19(16)2/h5-8,11,17H,3-4,9-10,12-14H2,1-2H3. The fraction of sp³-hybridized carbons (Fsp3) is 0.588. The average molecular weight is 302 g/mol. The SMILES string of the molecule is Cc1nccn1CCCCN1CCOCC1c1cccn1C. The predicted octanol–water partition coefficient (Wildman–Crippen LogP) is 2.38. The minimum atomic E-state index is 0.392. The number of hydrogen-bond acceptors (Lipinski definition) is 3. The van der Waals surface area contributed by atoms with Crippen molar-refractivity contribution in [1.29, 1.82) is 0 Å². The van der Waals surface area contributed by atoms with Crippen molar-refractivity contribution in [3.05, 3.63) is 42.2 Å². The number of rotatable bonds is 6. The van der Waals surface area contributed by atoms with Crippen LogP contribution in [0.4, 0.5) is 0 Å². The number of unbranched alkanes of at least 4 members (excludes halogenated alkanes) is 1. The topological polar surface area (TPSA) is 35.2 Å². The molecule has 0 aliphatic carbocycles. The first-order valence-electron chi connectivity index (χ1n) is 8.16. The van der Waals surface area contributed by atoms with Crippen molar-refractivity contribution >= 4 is 0 Å². The Morgan fingerprint density at radius 2 is 2.14 bits per heavy atom. The lowest BCUT2D eigenvalue weighted by molar-refractivity contribution is -0.0116. The zero-order valence-corrected chi connectivity index (χ0v) is 13.6. The van der Waals surface area contributed by atoms with Crippen molar-refractivity contribution in [2.24, 2.45) is 7.05 Å². The summed E-state index contributed by atoms with van der Waals surface area (Å²) in [4.78, 5) is 6.84. The molecule has 0 saturated carbocycles. The van der Waals surface area contributed by atoms with E-state index in [9.17, 15) is 0 Å². The highest BCUT2D eigenvalue weighted by atomic mass is 16.5. The van der Waals surface area contributed by atoms with Gasteiger partial charge in [0.05, 0.1) is 19.3 Å². The van der Waals surface area contributed by atoms with Gasteiger partial charge in [0, 0.05) is 44.4 Å². The number of nitrogens with zero attached hydrogens (tertiary/aromatic N) is 4. The molecule has 1 aliphatic rings. The van der Waals surface area contributed by atoms with Gasteiger partial charge in [-0.2, -0.15) is 0 Å². The van der Waals surface area contributed by atoms with Gasteiger partial charge < -0.3 is 13.9 Å². The molecule has 1 fully saturated rings. The summed E-state index contributed by atoms with van der Waals surface area (Å²) in [7, 11) is 2.12. The van der Waals surface area contributed by atoms with E-state index in [1.807, 2.05) is 6.20 Å². The van der Waals surface area contributed by atoms with Gasteiger partial charge in [-0.05, 0) is 38.4 Å². The zero-order chi connectivity index (χ0) is 15.4. The molecule has 3 rings (SSSR count). The van der Waals surface area contributed by atoms with E-state index in [1.54, 1.807) is 0 Å². The number of aromatic nitrogens is 3. The van der Waals surface area contributed by atoms with E-state index in [4.69, 9.17) is 4.74 Å². The number of aryl methyl sites for hydroxylation is 3. The maximum atomic E-state index is 5.70. The molecule has 120 valence electrons. The van der Waals surface area contributed by atoms with Crippen LogP contribution in [0.3, 0.4) is 0 Å². The van der Waals surface area contributed by atoms with Crippen molar-refractivity contribution in [1.82, 2.24) is 19.0 Å². The van der Waals surface area contributed by atoms with Crippen LogP contribution in [0.25, 0.3) is 0 Å². The molecule has 0 spiro atoms. The van der Waals surface area contributed by atoms with E-state index in [-0.39, 0.29) is 0 Å². The molecular weight excluding hydrogens is 276 g/mol. The van der Waals surface area contributed by atoms with Gasteiger partial charge >= 0.3 is 0 Å². The minimum absolute atomic E-state index is 0.392. The Morgan fingerprint density at radius 3 is 2.86 bits per heavy atom. The van der Waals surface area contributed by atoms with E-state index in [2.05, 4.69) is 57.5 Å². The first kappa shape index (κ1) is 15.3. The Kier molecular flexibility index (Phi) is 4.95. The molecule has 1 saturated heterocycles. The first-order chi connectivity index (χ1) is 10.8. The molecule has 2 aromatic heterocycles. The summed E-state index contributed by atoms with van der Waals surface area (Å²) in [6, 6.07) is 4.72. The largest absolute Gasteiger partial charge is 0.378 e. The molecular formula is C17H26N4O. The van der Waals surface area contributed by atoms with Gasteiger partial charge in [0.1, 0.15) is 5.82 Å². The van der Waals surface area contributed by atoms with Gasteiger partial charge in [0.25, 0.3) is 0 Å². The zero-order valence-electron chi connectivity index (χ0n) is 13.6. The maximum absolute atomic E-state index is 5.70. The Balaban J connectivity index is 1.52. The van der Waals surface area contributed by atoms with Crippen molar-refractivity contribution < 1.29 is 4.74 Å². The van der Waals surface area contributed by atoms with Crippen LogP contribution in [0.2, 0.25) is 0 Å². The van der Waals surface area contributed by atoms with E-state index in [0.717, 1.165) is 38.7 Å². The lowest BCUT2D eigenvalue weighted by atomic mass is 10.1. The molecule has 5 nitrogen and oxygen atoms in total. The molecule has 0 radical (unpaired) electrons. The quantitative estimate of drug-likeness (QED) is 0.769. The van der Waals surface area contributed by atoms with Crippen LogP contribution in [0.5, 0.6) is 0 Å². The molecule has 3 heterocycles. The third-order valence-corrected chi connectivity index (χ3v) is 4.58. The summed E-state index contributed by atoms with van der Waals surface area (Å²) in [6.07, 6.45) is 8.45. The summed E-state index contributed by atoms with van der Waals surface area (Å²) in [5.74, 6) is 1.10. The second-order valence-corrected chi connectivity index (χ2v) is 6.05. The highest BCUT2D eigenvalue weighted by Gasteiger charge is 2.25. The van der Waals surface area contributed by atoms with Gasteiger partial charge in [-0.15, -0.1) is 0 Å². The lowest BCUT2D eigenvalue weighted by Crippen LogP contribution is -2.40. The van der Waals surface area contributed by atoms with Crippen LogP contribution >= 0.6 is 0 Å². The monoisotopic (exact) mass is 302 g/mol. The molecule has 0 N–H and O–H groups in total. The fourth-order valence-corrected chi connectivity index (χ4v) is 3.24. The Morgan fingerprint density at radius 1 is 1.27 bits per heavy atom. The molecule has 0 bridgehead atoms. The molecule has 1 unspecified atom stereocenters.